The van der Waals surface area contributed by atoms with Gasteiger partial charge >= 0.3 is 6.18 Å². The summed E-state index contributed by atoms with van der Waals surface area (Å²) >= 11 is 6.07. The Kier molecular flexibility index (Phi) is 6.40. The van der Waals surface area contributed by atoms with Crippen molar-refractivity contribution in [2.45, 2.75) is 38.5 Å². The molecule has 7 nitrogen and oxygen atoms in total. The largest absolute Gasteiger partial charge is 0.497 e. The van der Waals surface area contributed by atoms with E-state index < -0.39 is 18.9 Å². The molecule has 0 spiro atoms. The van der Waals surface area contributed by atoms with Gasteiger partial charge in [-0.05, 0) is 55.0 Å². The Morgan fingerprint density at radius 2 is 1.86 bits per heavy atom. The minimum Gasteiger partial charge on any atom is -0.497 e. The Morgan fingerprint density at radius 3 is 2.58 bits per heavy atom. The fraction of sp³-hybridized carbons (Fsp3) is 0.280. The molecule has 3 aromatic heterocycles. The number of halogens is 4. The fourth-order valence-corrected chi connectivity index (χ4v) is 4.70. The zero-order valence-corrected chi connectivity index (χ0v) is 20.0. The number of rotatable bonds is 7. The summed E-state index contributed by atoms with van der Waals surface area (Å²) in [6.45, 7) is 0.361. The Bertz CT molecular complexity index is 1380. The van der Waals surface area contributed by atoms with E-state index in [0.29, 0.717) is 33.3 Å². The summed E-state index contributed by atoms with van der Waals surface area (Å²) in [5.41, 5.74) is 4.16. The number of aryl methyl sites for hydroxylation is 1. The monoisotopic (exact) mass is 517 g/mol. The first kappa shape index (κ1) is 24.2. The highest BCUT2D eigenvalue weighted by Crippen LogP contribution is 2.44. The number of aliphatic hydroxyl groups is 1. The average Bonchev–Trinajstić information content (AvgIpc) is 3.32. The highest BCUT2D eigenvalue weighted by atomic mass is 35.5. The third-order valence-electron chi connectivity index (χ3n) is 6.19. The first-order chi connectivity index (χ1) is 17.2. The Morgan fingerprint density at radius 1 is 1.08 bits per heavy atom. The lowest BCUT2D eigenvalue weighted by Gasteiger charge is -2.29. The molecule has 188 valence electrons. The zero-order chi connectivity index (χ0) is 25.4. The van der Waals surface area contributed by atoms with Gasteiger partial charge in [-0.15, -0.1) is 0 Å². The van der Waals surface area contributed by atoms with Crippen LogP contribution >= 0.6 is 11.6 Å². The fourth-order valence-electron chi connectivity index (χ4n) is 4.55. The predicted octanol–water partition coefficient (Wildman–Crippen LogP) is 5.87. The number of fused-ring (bicyclic) bond motifs is 2. The van der Waals surface area contributed by atoms with Crippen LogP contribution in [0.5, 0.6) is 5.75 Å². The molecule has 1 aliphatic heterocycles. The minimum absolute atomic E-state index is 0.0818. The molecule has 11 heteroatoms. The molecule has 36 heavy (non-hydrogen) atoms. The van der Waals surface area contributed by atoms with Gasteiger partial charge in [-0.25, -0.2) is 4.98 Å². The van der Waals surface area contributed by atoms with Gasteiger partial charge in [0.15, 0.2) is 0 Å². The van der Waals surface area contributed by atoms with Crippen LogP contribution in [0.15, 0.2) is 60.9 Å². The van der Waals surface area contributed by atoms with Crippen LogP contribution in [0.25, 0.3) is 11.0 Å². The molecule has 1 atom stereocenters. The van der Waals surface area contributed by atoms with Gasteiger partial charge in [-0.2, -0.15) is 13.2 Å². The molecule has 0 fully saturated rings. The number of benzene rings is 1. The molecular weight excluding hydrogens is 495 g/mol. The summed E-state index contributed by atoms with van der Waals surface area (Å²) in [7, 11) is 1.58. The van der Waals surface area contributed by atoms with Crippen LogP contribution in [0.3, 0.4) is 0 Å². The van der Waals surface area contributed by atoms with Crippen molar-refractivity contribution >= 4 is 39.7 Å². The summed E-state index contributed by atoms with van der Waals surface area (Å²) in [6, 6.07) is 14.3. The van der Waals surface area contributed by atoms with E-state index in [1.54, 1.807) is 59.6 Å². The first-order valence-corrected chi connectivity index (χ1v) is 11.7. The van der Waals surface area contributed by atoms with E-state index in [-0.39, 0.29) is 19.5 Å². The molecule has 4 aromatic rings. The molecule has 0 radical (unpaired) electrons. The topological polar surface area (TPSA) is 66.7 Å². The molecule has 1 N–H and O–H groups in total. The van der Waals surface area contributed by atoms with Gasteiger partial charge in [-0.1, -0.05) is 11.6 Å². The summed E-state index contributed by atoms with van der Waals surface area (Å²) in [6.07, 6.45) is -2.98. The lowest BCUT2D eigenvalue weighted by Crippen LogP contribution is -2.40. The maximum atomic E-state index is 12.8. The molecule has 0 bridgehead atoms. The van der Waals surface area contributed by atoms with Crippen molar-refractivity contribution < 1.29 is 23.0 Å². The number of methoxy groups -OCH3 is 1. The van der Waals surface area contributed by atoms with E-state index in [1.807, 2.05) is 22.8 Å². The number of alkyl halides is 3. The van der Waals surface area contributed by atoms with Crippen LogP contribution in [0, 0.1) is 0 Å². The number of ether oxygens (including phenoxy) is 1. The summed E-state index contributed by atoms with van der Waals surface area (Å²) in [5.74, 6) is 0.689. The van der Waals surface area contributed by atoms with E-state index in [0.717, 1.165) is 11.4 Å². The second-order valence-corrected chi connectivity index (χ2v) is 8.84. The van der Waals surface area contributed by atoms with Crippen molar-refractivity contribution in [2.24, 2.45) is 0 Å². The molecule has 0 amide bonds. The van der Waals surface area contributed by atoms with Crippen LogP contribution in [-0.4, -0.2) is 39.3 Å². The number of pyridine rings is 2. The van der Waals surface area contributed by atoms with Crippen molar-refractivity contribution in [2.75, 3.05) is 16.9 Å². The van der Waals surface area contributed by atoms with Crippen LogP contribution in [-0.2, 0) is 13.1 Å². The standard InChI is InChI=1S/C25H23ClF3N5O2/c1-36-18-5-3-16(4-6-18)34-21-9-11-30-14-22(21)33(24(34)35)15-17-13-19-20(7-8-23(26)31-19)32(17)12-2-10-25(27,28)29/h3-9,11,13-14,24,35H,2,10,12,15H2,1H3. The lowest BCUT2D eigenvalue weighted by atomic mass is 10.2. The summed E-state index contributed by atoms with van der Waals surface area (Å²) < 4.78 is 45.6. The highest BCUT2D eigenvalue weighted by molar-refractivity contribution is 6.29. The minimum atomic E-state index is -4.24. The molecule has 1 aliphatic rings. The third kappa shape index (κ3) is 4.66. The van der Waals surface area contributed by atoms with E-state index in [1.165, 1.54) is 0 Å². The second-order valence-electron chi connectivity index (χ2n) is 8.45. The van der Waals surface area contributed by atoms with Gasteiger partial charge in [0.1, 0.15) is 10.9 Å². The lowest BCUT2D eigenvalue weighted by molar-refractivity contribution is -0.135. The van der Waals surface area contributed by atoms with Crippen molar-refractivity contribution in [1.82, 2.24) is 14.5 Å². The molecule has 0 saturated heterocycles. The first-order valence-electron chi connectivity index (χ1n) is 11.3. The second kappa shape index (κ2) is 9.51. The van der Waals surface area contributed by atoms with Crippen LogP contribution < -0.4 is 14.5 Å². The van der Waals surface area contributed by atoms with Gasteiger partial charge in [0, 0.05) is 30.5 Å². The maximum absolute atomic E-state index is 12.8. The number of hydrogen-bond acceptors (Lipinski definition) is 6. The molecule has 4 heterocycles. The molecule has 1 aromatic carbocycles. The van der Waals surface area contributed by atoms with Crippen LogP contribution in [0.2, 0.25) is 5.15 Å². The maximum Gasteiger partial charge on any atom is 0.389 e. The van der Waals surface area contributed by atoms with Crippen molar-refractivity contribution in [3.63, 3.8) is 0 Å². The molecule has 0 aliphatic carbocycles. The van der Waals surface area contributed by atoms with E-state index in [4.69, 9.17) is 16.3 Å². The molecule has 1 unspecified atom stereocenters. The van der Waals surface area contributed by atoms with Crippen molar-refractivity contribution in [1.29, 1.82) is 0 Å². The number of aromatic nitrogens is 3. The van der Waals surface area contributed by atoms with Crippen LogP contribution in [0.4, 0.5) is 30.2 Å². The summed E-state index contributed by atoms with van der Waals surface area (Å²) in [4.78, 5) is 12.1. The number of anilines is 3. The Hall–Kier alpha value is -3.50. The van der Waals surface area contributed by atoms with Gasteiger partial charge in [0.2, 0.25) is 6.35 Å². The zero-order valence-electron chi connectivity index (χ0n) is 19.3. The Balaban J connectivity index is 1.50. The molecule has 0 saturated carbocycles. The van der Waals surface area contributed by atoms with Crippen molar-refractivity contribution in [3.05, 3.63) is 71.8 Å². The number of nitrogens with zero attached hydrogens (tertiary/aromatic N) is 5. The van der Waals surface area contributed by atoms with Gasteiger partial charge in [-0.3, -0.25) is 9.88 Å². The number of hydrogen-bond donors (Lipinski definition) is 1. The van der Waals surface area contributed by atoms with Gasteiger partial charge in [0.25, 0.3) is 0 Å². The van der Waals surface area contributed by atoms with Gasteiger partial charge in [0.05, 0.1) is 42.3 Å². The quantitative estimate of drug-likeness (QED) is 0.309. The average molecular weight is 518 g/mol. The third-order valence-corrected chi connectivity index (χ3v) is 6.40. The normalized spacial score (nSPS) is 15.6. The van der Waals surface area contributed by atoms with Crippen molar-refractivity contribution in [3.8, 4) is 5.75 Å². The molecule has 5 rings (SSSR count). The van der Waals surface area contributed by atoms with Crippen LogP contribution in [0.1, 0.15) is 18.5 Å². The number of aliphatic hydroxyl groups excluding tert-OH is 1. The van der Waals surface area contributed by atoms with E-state index in [2.05, 4.69) is 9.97 Å². The smallest absolute Gasteiger partial charge is 0.389 e. The van der Waals surface area contributed by atoms with E-state index in [9.17, 15) is 18.3 Å². The molecular formula is C25H23ClF3N5O2. The highest BCUT2D eigenvalue weighted by Gasteiger charge is 2.36. The summed E-state index contributed by atoms with van der Waals surface area (Å²) in [5, 5.41) is 11.7. The van der Waals surface area contributed by atoms with Gasteiger partial charge < -0.3 is 19.3 Å². The SMILES string of the molecule is COc1ccc(N2c3ccncc3N(Cc3cc4nc(Cl)ccc4n3CCCC(F)(F)F)C2O)cc1. The Labute approximate surface area is 210 Å². The van der Waals surface area contributed by atoms with E-state index >= 15 is 0 Å². The predicted molar refractivity (Wildman–Crippen MR) is 132 cm³/mol.